The van der Waals surface area contributed by atoms with Crippen molar-refractivity contribution in [2.45, 2.75) is 13.5 Å². The van der Waals surface area contributed by atoms with Gasteiger partial charge in [0, 0.05) is 6.54 Å². The Labute approximate surface area is 118 Å². The number of nitrogen functional groups attached to an aromatic ring is 1. The fraction of sp³-hybridized carbons (Fsp3) is 0.188. The van der Waals surface area contributed by atoms with E-state index < -0.39 is 0 Å². The van der Waals surface area contributed by atoms with Gasteiger partial charge < -0.3 is 15.8 Å². The second-order valence-corrected chi connectivity index (χ2v) is 4.54. The number of nitrogens with zero attached hydrogens (tertiary/aromatic N) is 1. The van der Waals surface area contributed by atoms with Gasteiger partial charge >= 0.3 is 0 Å². The molecule has 4 nitrogen and oxygen atoms in total. The summed E-state index contributed by atoms with van der Waals surface area (Å²) in [5.41, 5.74) is 10.1. The molecule has 0 aliphatic carbocycles. The van der Waals surface area contributed by atoms with Gasteiger partial charge in [-0.05, 0) is 36.2 Å². The van der Waals surface area contributed by atoms with Crippen molar-refractivity contribution in [1.29, 1.82) is 5.26 Å². The Balaban J connectivity index is 2.17. The summed E-state index contributed by atoms with van der Waals surface area (Å²) in [7, 11) is 1.59. The van der Waals surface area contributed by atoms with Crippen LogP contribution in [0.1, 0.15) is 16.7 Å². The highest BCUT2D eigenvalue weighted by molar-refractivity contribution is 5.62. The topological polar surface area (TPSA) is 71.1 Å². The largest absolute Gasteiger partial charge is 0.495 e. The Morgan fingerprint density at radius 3 is 2.75 bits per heavy atom. The van der Waals surface area contributed by atoms with Crippen molar-refractivity contribution in [2.24, 2.45) is 0 Å². The van der Waals surface area contributed by atoms with Gasteiger partial charge in [0.1, 0.15) is 11.8 Å². The first kappa shape index (κ1) is 13.8. The third-order valence-electron chi connectivity index (χ3n) is 3.16. The van der Waals surface area contributed by atoms with Gasteiger partial charge in [-0.1, -0.05) is 18.2 Å². The van der Waals surface area contributed by atoms with Gasteiger partial charge in [-0.15, -0.1) is 0 Å². The molecule has 0 aliphatic heterocycles. The molecule has 0 bridgehead atoms. The van der Waals surface area contributed by atoms with E-state index in [-0.39, 0.29) is 0 Å². The molecule has 0 fully saturated rings. The molecule has 0 heterocycles. The van der Waals surface area contributed by atoms with Crippen LogP contribution >= 0.6 is 0 Å². The van der Waals surface area contributed by atoms with Crippen LogP contribution in [0.4, 0.5) is 11.4 Å². The Morgan fingerprint density at radius 2 is 2.10 bits per heavy atom. The number of anilines is 2. The number of aryl methyl sites for hydroxylation is 1. The minimum atomic E-state index is 0.605. The molecule has 2 aromatic carbocycles. The Kier molecular flexibility index (Phi) is 4.11. The van der Waals surface area contributed by atoms with E-state index in [0.29, 0.717) is 23.5 Å². The molecule has 2 rings (SSSR count). The fourth-order valence-corrected chi connectivity index (χ4v) is 2.08. The van der Waals surface area contributed by atoms with Crippen LogP contribution in [-0.4, -0.2) is 7.11 Å². The number of hydrogen-bond donors (Lipinski definition) is 2. The smallest absolute Gasteiger partial charge is 0.141 e. The van der Waals surface area contributed by atoms with Gasteiger partial charge in [0.25, 0.3) is 0 Å². The molecule has 2 aromatic rings. The van der Waals surface area contributed by atoms with E-state index in [1.807, 2.05) is 37.3 Å². The molecule has 0 saturated carbocycles. The molecule has 0 unspecified atom stereocenters. The fourth-order valence-electron chi connectivity index (χ4n) is 2.08. The molecule has 102 valence electrons. The van der Waals surface area contributed by atoms with Crippen molar-refractivity contribution < 1.29 is 4.74 Å². The predicted octanol–water partition coefficient (Wildman–Crippen LogP) is 3.07. The Hall–Kier alpha value is -2.67. The Morgan fingerprint density at radius 1 is 1.30 bits per heavy atom. The van der Waals surface area contributed by atoms with Gasteiger partial charge in [0.05, 0.1) is 24.0 Å². The summed E-state index contributed by atoms with van der Waals surface area (Å²) in [6.45, 7) is 2.58. The SMILES string of the molecule is COc1ccc(CNc2c(C)cccc2C#N)cc1N. The van der Waals surface area contributed by atoms with E-state index in [4.69, 9.17) is 15.7 Å². The number of ether oxygens (including phenoxy) is 1. The van der Waals surface area contributed by atoms with Crippen molar-refractivity contribution in [3.8, 4) is 11.8 Å². The first-order valence-electron chi connectivity index (χ1n) is 6.31. The second kappa shape index (κ2) is 5.98. The number of nitrogens with one attached hydrogen (secondary N) is 1. The quantitative estimate of drug-likeness (QED) is 0.835. The lowest BCUT2D eigenvalue weighted by Gasteiger charge is -2.12. The van der Waals surface area contributed by atoms with E-state index in [1.165, 1.54) is 0 Å². The van der Waals surface area contributed by atoms with E-state index >= 15 is 0 Å². The molecule has 0 spiro atoms. The number of nitriles is 1. The average Bonchev–Trinajstić information content (AvgIpc) is 2.46. The molecule has 0 atom stereocenters. The summed E-state index contributed by atoms with van der Waals surface area (Å²) < 4.78 is 5.13. The lowest BCUT2D eigenvalue weighted by Crippen LogP contribution is -2.04. The molecule has 3 N–H and O–H groups in total. The standard InChI is InChI=1S/C16H17N3O/c1-11-4-3-5-13(9-17)16(11)19-10-12-6-7-15(20-2)14(18)8-12/h3-8,19H,10,18H2,1-2H3. The lowest BCUT2D eigenvalue weighted by molar-refractivity contribution is 0.417. The lowest BCUT2D eigenvalue weighted by atomic mass is 10.1. The van der Waals surface area contributed by atoms with E-state index in [2.05, 4.69) is 11.4 Å². The maximum absolute atomic E-state index is 9.13. The minimum Gasteiger partial charge on any atom is -0.495 e. The Bertz CT molecular complexity index is 659. The van der Waals surface area contributed by atoms with E-state index in [9.17, 15) is 0 Å². The first-order valence-corrected chi connectivity index (χ1v) is 6.31. The zero-order chi connectivity index (χ0) is 14.5. The number of hydrogen-bond acceptors (Lipinski definition) is 4. The molecular formula is C16H17N3O. The maximum Gasteiger partial charge on any atom is 0.141 e. The van der Waals surface area contributed by atoms with Crippen LogP contribution in [0, 0.1) is 18.3 Å². The number of rotatable bonds is 4. The minimum absolute atomic E-state index is 0.605. The van der Waals surface area contributed by atoms with Crippen LogP contribution in [-0.2, 0) is 6.54 Å². The highest BCUT2D eigenvalue weighted by Gasteiger charge is 2.05. The van der Waals surface area contributed by atoms with Crippen LogP contribution in [0.3, 0.4) is 0 Å². The molecule has 0 amide bonds. The zero-order valence-corrected chi connectivity index (χ0v) is 11.6. The van der Waals surface area contributed by atoms with Gasteiger partial charge in [-0.25, -0.2) is 0 Å². The van der Waals surface area contributed by atoms with Crippen LogP contribution in [0.15, 0.2) is 36.4 Å². The molecule has 20 heavy (non-hydrogen) atoms. The molecule has 4 heteroatoms. The summed E-state index contributed by atoms with van der Waals surface area (Å²) in [6.07, 6.45) is 0. The average molecular weight is 267 g/mol. The molecule has 0 aromatic heterocycles. The van der Waals surface area contributed by atoms with Crippen LogP contribution in [0.25, 0.3) is 0 Å². The zero-order valence-electron chi connectivity index (χ0n) is 11.6. The third kappa shape index (κ3) is 2.83. The van der Waals surface area contributed by atoms with Crippen molar-refractivity contribution in [3.05, 3.63) is 53.1 Å². The van der Waals surface area contributed by atoms with Crippen LogP contribution in [0.2, 0.25) is 0 Å². The summed E-state index contributed by atoms with van der Waals surface area (Å²) in [4.78, 5) is 0. The highest BCUT2D eigenvalue weighted by atomic mass is 16.5. The first-order chi connectivity index (χ1) is 9.65. The van der Waals surface area contributed by atoms with Crippen molar-refractivity contribution >= 4 is 11.4 Å². The van der Waals surface area contributed by atoms with E-state index in [0.717, 1.165) is 16.8 Å². The van der Waals surface area contributed by atoms with Crippen molar-refractivity contribution in [1.82, 2.24) is 0 Å². The summed E-state index contributed by atoms with van der Waals surface area (Å²) in [5, 5.41) is 12.4. The van der Waals surface area contributed by atoms with Crippen molar-refractivity contribution in [3.63, 3.8) is 0 Å². The predicted molar refractivity (Wildman–Crippen MR) is 80.6 cm³/mol. The number of benzene rings is 2. The van der Waals surface area contributed by atoms with Gasteiger partial charge in [0.15, 0.2) is 0 Å². The van der Waals surface area contributed by atoms with Gasteiger partial charge in [-0.3, -0.25) is 0 Å². The molecule has 0 radical (unpaired) electrons. The number of para-hydroxylation sites is 1. The van der Waals surface area contributed by atoms with Crippen LogP contribution < -0.4 is 15.8 Å². The highest BCUT2D eigenvalue weighted by Crippen LogP contribution is 2.24. The van der Waals surface area contributed by atoms with E-state index in [1.54, 1.807) is 13.2 Å². The molecule has 0 saturated heterocycles. The molecule has 0 aliphatic rings. The third-order valence-corrected chi connectivity index (χ3v) is 3.16. The molecular weight excluding hydrogens is 250 g/mol. The number of methoxy groups -OCH3 is 1. The van der Waals surface area contributed by atoms with Gasteiger partial charge in [-0.2, -0.15) is 5.26 Å². The monoisotopic (exact) mass is 267 g/mol. The normalized spacial score (nSPS) is 9.85. The van der Waals surface area contributed by atoms with Crippen molar-refractivity contribution in [2.75, 3.05) is 18.2 Å². The summed E-state index contributed by atoms with van der Waals surface area (Å²) in [6, 6.07) is 13.5. The second-order valence-electron chi connectivity index (χ2n) is 4.54. The maximum atomic E-state index is 9.13. The number of nitrogens with two attached hydrogens (primary N) is 1. The summed E-state index contributed by atoms with van der Waals surface area (Å²) >= 11 is 0. The van der Waals surface area contributed by atoms with Gasteiger partial charge in [0.2, 0.25) is 0 Å². The van der Waals surface area contributed by atoms with Crippen LogP contribution in [0.5, 0.6) is 5.75 Å². The summed E-state index contributed by atoms with van der Waals surface area (Å²) in [5.74, 6) is 0.669.